The van der Waals surface area contributed by atoms with Crippen LogP contribution in [0.2, 0.25) is 5.02 Å². The van der Waals surface area contributed by atoms with Crippen LogP contribution >= 0.6 is 23.4 Å². The van der Waals surface area contributed by atoms with Crippen LogP contribution in [0.5, 0.6) is 0 Å². The molecule has 2 aliphatic heterocycles. The lowest BCUT2D eigenvalue weighted by Gasteiger charge is -2.30. The summed E-state index contributed by atoms with van der Waals surface area (Å²) >= 11 is 7.64. The Bertz CT molecular complexity index is 745. The number of anilines is 2. The quantitative estimate of drug-likeness (QED) is 0.814. The zero-order valence-corrected chi connectivity index (χ0v) is 15.3. The van der Waals surface area contributed by atoms with Crippen LogP contribution in [0.1, 0.15) is 10.9 Å². The molecule has 2 saturated heterocycles. The van der Waals surface area contributed by atoms with E-state index < -0.39 is 0 Å². The predicted molar refractivity (Wildman–Crippen MR) is 104 cm³/mol. The van der Waals surface area contributed by atoms with Crippen LogP contribution in [-0.4, -0.2) is 38.0 Å². The van der Waals surface area contributed by atoms with Crippen LogP contribution in [0.15, 0.2) is 48.5 Å². The number of rotatable bonds is 3. The Morgan fingerprint density at radius 2 is 1.60 bits per heavy atom. The fourth-order valence-electron chi connectivity index (χ4n) is 3.22. The monoisotopic (exact) mass is 374 g/mol. The number of carbonyl (C=O) groups excluding carboxylic acids is 1. The highest BCUT2D eigenvalue weighted by Gasteiger charge is 2.34. The van der Waals surface area contributed by atoms with Crippen LogP contribution in [0, 0.1) is 0 Å². The van der Waals surface area contributed by atoms with E-state index in [9.17, 15) is 4.79 Å². The largest absolute Gasteiger partial charge is 0.378 e. The Morgan fingerprint density at radius 3 is 2.28 bits per heavy atom. The minimum absolute atomic E-state index is 0.000923. The van der Waals surface area contributed by atoms with Gasteiger partial charge in [0, 0.05) is 29.5 Å². The van der Waals surface area contributed by atoms with E-state index in [2.05, 4.69) is 17.0 Å². The molecule has 1 atom stereocenters. The molecule has 0 radical (unpaired) electrons. The minimum Gasteiger partial charge on any atom is -0.378 e. The first-order valence-electron chi connectivity index (χ1n) is 8.34. The SMILES string of the molecule is O=C1CSC(c2ccc(Cl)cc2)N1c1ccc(N2CCOCC2)cc1. The van der Waals surface area contributed by atoms with Crippen molar-refractivity contribution in [3.63, 3.8) is 0 Å². The first-order chi connectivity index (χ1) is 12.2. The molecule has 0 aromatic heterocycles. The number of ether oxygens (including phenoxy) is 1. The summed E-state index contributed by atoms with van der Waals surface area (Å²) in [6.45, 7) is 3.35. The van der Waals surface area contributed by atoms with Gasteiger partial charge in [-0.2, -0.15) is 0 Å². The molecule has 0 bridgehead atoms. The highest BCUT2D eigenvalue weighted by molar-refractivity contribution is 8.00. The Morgan fingerprint density at radius 1 is 0.960 bits per heavy atom. The van der Waals surface area contributed by atoms with Crippen LogP contribution in [-0.2, 0) is 9.53 Å². The topological polar surface area (TPSA) is 32.8 Å². The standard InChI is InChI=1S/C19H19ClN2O2S/c20-15-3-1-14(2-4-15)19-22(18(23)13-25-19)17-7-5-16(6-8-17)21-9-11-24-12-10-21/h1-8,19H,9-13H2. The fourth-order valence-corrected chi connectivity index (χ4v) is 4.53. The van der Waals surface area contributed by atoms with Crippen LogP contribution in [0.25, 0.3) is 0 Å². The first kappa shape index (κ1) is 16.8. The van der Waals surface area contributed by atoms with E-state index in [1.54, 1.807) is 11.8 Å². The molecule has 4 rings (SSSR count). The minimum atomic E-state index is -0.000923. The van der Waals surface area contributed by atoms with E-state index in [4.69, 9.17) is 16.3 Å². The molecule has 0 N–H and O–H groups in total. The normalized spacial score (nSPS) is 21.0. The molecule has 0 aliphatic carbocycles. The van der Waals surface area contributed by atoms with Gasteiger partial charge in [0.25, 0.3) is 0 Å². The van der Waals surface area contributed by atoms with Crippen molar-refractivity contribution in [2.45, 2.75) is 5.37 Å². The smallest absolute Gasteiger partial charge is 0.238 e. The van der Waals surface area contributed by atoms with Gasteiger partial charge in [-0.05, 0) is 42.0 Å². The maximum Gasteiger partial charge on any atom is 0.238 e. The van der Waals surface area contributed by atoms with Crippen LogP contribution in [0.3, 0.4) is 0 Å². The van der Waals surface area contributed by atoms with Gasteiger partial charge in [0.1, 0.15) is 5.37 Å². The van der Waals surface area contributed by atoms with Crippen molar-refractivity contribution in [2.24, 2.45) is 0 Å². The third kappa shape index (κ3) is 3.50. The van der Waals surface area contributed by atoms with Crippen molar-refractivity contribution in [2.75, 3.05) is 41.9 Å². The van der Waals surface area contributed by atoms with Gasteiger partial charge in [-0.25, -0.2) is 0 Å². The number of carbonyl (C=O) groups is 1. The van der Waals surface area contributed by atoms with Gasteiger partial charge in [0.2, 0.25) is 5.91 Å². The van der Waals surface area contributed by atoms with Gasteiger partial charge in [-0.3, -0.25) is 9.69 Å². The first-order valence-corrected chi connectivity index (χ1v) is 9.77. The summed E-state index contributed by atoms with van der Waals surface area (Å²) in [5.74, 6) is 0.641. The highest BCUT2D eigenvalue weighted by Crippen LogP contribution is 2.42. The molecule has 6 heteroatoms. The molecule has 4 nitrogen and oxygen atoms in total. The van der Waals surface area contributed by atoms with Gasteiger partial charge >= 0.3 is 0 Å². The lowest BCUT2D eigenvalue weighted by atomic mass is 10.1. The molecule has 2 heterocycles. The average molecular weight is 375 g/mol. The summed E-state index contributed by atoms with van der Waals surface area (Å²) in [7, 11) is 0. The van der Waals surface area contributed by atoms with E-state index in [-0.39, 0.29) is 11.3 Å². The summed E-state index contributed by atoms with van der Waals surface area (Å²) in [4.78, 5) is 16.7. The van der Waals surface area contributed by atoms with E-state index in [0.29, 0.717) is 10.8 Å². The predicted octanol–water partition coefficient (Wildman–Crippen LogP) is 3.96. The lowest BCUT2D eigenvalue weighted by Crippen LogP contribution is -2.36. The molecule has 25 heavy (non-hydrogen) atoms. The number of amides is 1. The highest BCUT2D eigenvalue weighted by atomic mass is 35.5. The molecular weight excluding hydrogens is 356 g/mol. The summed E-state index contributed by atoms with van der Waals surface area (Å²) in [5, 5.41) is 0.707. The molecular formula is C19H19ClN2O2S. The molecule has 1 amide bonds. The third-order valence-electron chi connectivity index (χ3n) is 4.53. The van der Waals surface area contributed by atoms with Crippen molar-refractivity contribution in [1.82, 2.24) is 0 Å². The summed E-state index contributed by atoms with van der Waals surface area (Å²) in [6.07, 6.45) is 0. The van der Waals surface area contributed by atoms with Crippen molar-refractivity contribution in [3.8, 4) is 0 Å². The number of morpholine rings is 1. The second-order valence-electron chi connectivity index (χ2n) is 6.09. The molecule has 0 spiro atoms. The fraction of sp³-hybridized carbons (Fsp3) is 0.316. The van der Waals surface area contributed by atoms with Crippen molar-refractivity contribution >= 4 is 40.6 Å². The molecule has 2 aliphatic rings. The number of hydrogen-bond acceptors (Lipinski definition) is 4. The maximum atomic E-state index is 12.5. The maximum absolute atomic E-state index is 12.5. The van der Waals surface area contributed by atoms with Crippen LogP contribution < -0.4 is 9.80 Å². The van der Waals surface area contributed by atoms with E-state index >= 15 is 0 Å². The van der Waals surface area contributed by atoms with E-state index in [1.807, 2.05) is 41.3 Å². The Kier molecular flexibility index (Phi) is 4.88. The molecule has 0 saturated carbocycles. The van der Waals surface area contributed by atoms with Crippen molar-refractivity contribution < 1.29 is 9.53 Å². The lowest BCUT2D eigenvalue weighted by molar-refractivity contribution is -0.115. The molecule has 2 aromatic carbocycles. The Hall–Kier alpha value is -1.69. The van der Waals surface area contributed by atoms with Crippen molar-refractivity contribution in [3.05, 3.63) is 59.1 Å². The zero-order valence-electron chi connectivity index (χ0n) is 13.7. The number of nitrogens with zero attached hydrogens (tertiary/aromatic N) is 2. The number of benzene rings is 2. The van der Waals surface area contributed by atoms with Gasteiger partial charge < -0.3 is 9.64 Å². The molecule has 2 aromatic rings. The Balaban J connectivity index is 1.58. The average Bonchev–Trinajstić information content (AvgIpc) is 3.05. The second-order valence-corrected chi connectivity index (χ2v) is 7.60. The Labute approximate surface area is 156 Å². The summed E-state index contributed by atoms with van der Waals surface area (Å²) in [6, 6.07) is 16.0. The summed E-state index contributed by atoms with van der Waals surface area (Å²) in [5.41, 5.74) is 3.21. The van der Waals surface area contributed by atoms with Crippen LogP contribution in [0.4, 0.5) is 11.4 Å². The van der Waals surface area contributed by atoms with Gasteiger partial charge in [-0.1, -0.05) is 23.7 Å². The zero-order chi connectivity index (χ0) is 17.2. The van der Waals surface area contributed by atoms with Crippen molar-refractivity contribution in [1.29, 1.82) is 0 Å². The molecule has 130 valence electrons. The second kappa shape index (κ2) is 7.28. The number of thioether (sulfide) groups is 1. The number of hydrogen-bond donors (Lipinski definition) is 0. The van der Waals surface area contributed by atoms with Gasteiger partial charge in [0.05, 0.1) is 19.0 Å². The summed E-state index contributed by atoms with van der Waals surface area (Å²) < 4.78 is 5.41. The molecule has 2 fully saturated rings. The molecule has 1 unspecified atom stereocenters. The van der Waals surface area contributed by atoms with E-state index in [1.165, 1.54) is 5.69 Å². The van der Waals surface area contributed by atoms with Gasteiger partial charge in [0.15, 0.2) is 0 Å². The number of halogens is 1. The van der Waals surface area contributed by atoms with E-state index in [0.717, 1.165) is 37.6 Å². The third-order valence-corrected chi connectivity index (χ3v) is 5.99. The van der Waals surface area contributed by atoms with Gasteiger partial charge in [-0.15, -0.1) is 11.8 Å².